The molecule has 3 rings (SSSR count). The number of rotatable bonds is 1. The van der Waals surface area contributed by atoms with Crippen LogP contribution in [-0.2, 0) is 5.41 Å². The van der Waals surface area contributed by atoms with Gasteiger partial charge in [0, 0.05) is 11.8 Å². The van der Waals surface area contributed by atoms with E-state index in [0.717, 1.165) is 50.4 Å². The van der Waals surface area contributed by atoms with Crippen LogP contribution in [0.2, 0.25) is 0 Å². The van der Waals surface area contributed by atoms with Gasteiger partial charge in [0.2, 0.25) is 0 Å². The van der Waals surface area contributed by atoms with E-state index in [0.29, 0.717) is 5.38 Å². The van der Waals surface area contributed by atoms with Gasteiger partial charge in [-0.15, -0.1) is 11.6 Å². The lowest BCUT2D eigenvalue weighted by Gasteiger charge is -2.25. The molecule has 1 aromatic carbocycles. The Hall–Kier alpha value is -0.890. The molecule has 3 heteroatoms. The van der Waals surface area contributed by atoms with Gasteiger partial charge >= 0.3 is 0 Å². The zero-order valence-corrected chi connectivity index (χ0v) is 11.5. The average Bonchev–Trinajstić information content (AvgIpc) is 2.60. The van der Waals surface area contributed by atoms with Crippen LogP contribution in [0.15, 0.2) is 18.2 Å². The van der Waals surface area contributed by atoms with Crippen LogP contribution in [-0.4, -0.2) is 18.6 Å². The highest BCUT2D eigenvalue weighted by Gasteiger charge is 2.36. The molecule has 1 aromatic rings. The van der Waals surface area contributed by atoms with E-state index in [1.54, 1.807) is 0 Å². The predicted molar refractivity (Wildman–Crippen MR) is 72.9 cm³/mol. The molecular formula is C15H19ClO2. The van der Waals surface area contributed by atoms with Gasteiger partial charge in [0.25, 0.3) is 0 Å². The fraction of sp³-hybridized carbons (Fsp3) is 0.600. The lowest BCUT2D eigenvalue weighted by atomic mass is 9.81. The van der Waals surface area contributed by atoms with E-state index in [1.807, 2.05) is 6.07 Å². The zero-order valence-electron chi connectivity index (χ0n) is 10.7. The minimum atomic E-state index is 0.192. The molecule has 2 unspecified atom stereocenters. The summed E-state index contributed by atoms with van der Waals surface area (Å²) in [6, 6.07) is 6.36. The Morgan fingerprint density at radius 2 is 2.00 bits per heavy atom. The van der Waals surface area contributed by atoms with Gasteiger partial charge in [-0.2, -0.15) is 0 Å². The van der Waals surface area contributed by atoms with Gasteiger partial charge in [0.05, 0.1) is 13.2 Å². The van der Waals surface area contributed by atoms with Crippen molar-refractivity contribution in [1.29, 1.82) is 0 Å². The summed E-state index contributed by atoms with van der Waals surface area (Å²) >= 11 is 6.26. The maximum absolute atomic E-state index is 6.26. The number of benzene rings is 1. The first-order chi connectivity index (χ1) is 8.67. The third-order valence-electron chi connectivity index (χ3n) is 4.13. The molecule has 0 N–H and O–H groups in total. The van der Waals surface area contributed by atoms with Crippen molar-refractivity contribution in [3.63, 3.8) is 0 Å². The standard InChI is InChI=1S/C15H19ClO2/c1-15(6-5-12(16)10-15)11-3-4-13-14(9-11)18-8-2-7-17-13/h3-4,9,12H,2,5-8,10H2,1H3. The van der Waals surface area contributed by atoms with Crippen molar-refractivity contribution < 1.29 is 9.47 Å². The van der Waals surface area contributed by atoms with E-state index in [4.69, 9.17) is 21.1 Å². The van der Waals surface area contributed by atoms with E-state index in [-0.39, 0.29) is 5.41 Å². The van der Waals surface area contributed by atoms with Gasteiger partial charge < -0.3 is 9.47 Å². The molecule has 0 aromatic heterocycles. The van der Waals surface area contributed by atoms with Crippen molar-refractivity contribution in [2.75, 3.05) is 13.2 Å². The molecule has 0 spiro atoms. The van der Waals surface area contributed by atoms with Crippen LogP contribution in [0.1, 0.15) is 38.2 Å². The lowest BCUT2D eigenvalue weighted by molar-refractivity contribution is 0.296. The van der Waals surface area contributed by atoms with Crippen LogP contribution in [0.3, 0.4) is 0 Å². The quantitative estimate of drug-likeness (QED) is 0.718. The first-order valence-corrected chi connectivity index (χ1v) is 7.15. The van der Waals surface area contributed by atoms with Crippen LogP contribution in [0.25, 0.3) is 0 Å². The molecule has 0 saturated heterocycles. The molecule has 2 atom stereocenters. The van der Waals surface area contributed by atoms with Crippen LogP contribution >= 0.6 is 11.6 Å². The van der Waals surface area contributed by atoms with Gasteiger partial charge in [-0.05, 0) is 42.4 Å². The monoisotopic (exact) mass is 266 g/mol. The lowest BCUT2D eigenvalue weighted by Crippen LogP contribution is -2.18. The molecule has 98 valence electrons. The fourth-order valence-electron chi connectivity index (χ4n) is 2.97. The minimum absolute atomic E-state index is 0.192. The molecular weight excluding hydrogens is 248 g/mol. The van der Waals surface area contributed by atoms with E-state index < -0.39 is 0 Å². The van der Waals surface area contributed by atoms with Crippen molar-refractivity contribution in [2.24, 2.45) is 0 Å². The maximum Gasteiger partial charge on any atom is 0.161 e. The van der Waals surface area contributed by atoms with Crippen molar-refractivity contribution in [2.45, 2.75) is 43.4 Å². The summed E-state index contributed by atoms with van der Waals surface area (Å²) < 4.78 is 11.4. The maximum atomic E-state index is 6.26. The van der Waals surface area contributed by atoms with E-state index in [1.165, 1.54) is 5.56 Å². The van der Waals surface area contributed by atoms with Gasteiger partial charge in [-0.1, -0.05) is 13.0 Å². The van der Waals surface area contributed by atoms with Crippen molar-refractivity contribution in [3.8, 4) is 11.5 Å². The summed E-state index contributed by atoms with van der Waals surface area (Å²) in [4.78, 5) is 0. The molecule has 1 heterocycles. The van der Waals surface area contributed by atoms with E-state index in [9.17, 15) is 0 Å². The van der Waals surface area contributed by atoms with E-state index in [2.05, 4.69) is 19.1 Å². The molecule has 0 amide bonds. The molecule has 1 saturated carbocycles. The van der Waals surface area contributed by atoms with Crippen LogP contribution in [0, 0.1) is 0 Å². The van der Waals surface area contributed by atoms with Gasteiger partial charge in [-0.3, -0.25) is 0 Å². The Balaban J connectivity index is 1.92. The van der Waals surface area contributed by atoms with Crippen LogP contribution < -0.4 is 9.47 Å². The largest absolute Gasteiger partial charge is 0.490 e. The molecule has 1 fully saturated rings. The highest BCUT2D eigenvalue weighted by atomic mass is 35.5. The summed E-state index contributed by atoms with van der Waals surface area (Å²) in [5, 5.41) is 0.311. The summed E-state index contributed by atoms with van der Waals surface area (Å²) in [6.07, 6.45) is 4.26. The predicted octanol–water partition coefficient (Wildman–Crippen LogP) is 3.90. The second kappa shape index (κ2) is 4.65. The molecule has 0 radical (unpaired) electrons. The minimum Gasteiger partial charge on any atom is -0.490 e. The van der Waals surface area contributed by atoms with Gasteiger partial charge in [-0.25, -0.2) is 0 Å². The van der Waals surface area contributed by atoms with Crippen LogP contribution in [0.4, 0.5) is 0 Å². The third kappa shape index (κ3) is 2.18. The summed E-state index contributed by atoms with van der Waals surface area (Å²) in [5.41, 5.74) is 1.52. The van der Waals surface area contributed by atoms with E-state index >= 15 is 0 Å². The van der Waals surface area contributed by atoms with Gasteiger partial charge in [0.1, 0.15) is 0 Å². The smallest absolute Gasteiger partial charge is 0.161 e. The first-order valence-electron chi connectivity index (χ1n) is 6.72. The number of hydrogen-bond acceptors (Lipinski definition) is 2. The van der Waals surface area contributed by atoms with Crippen molar-refractivity contribution >= 4 is 11.6 Å². The van der Waals surface area contributed by atoms with Crippen molar-refractivity contribution in [3.05, 3.63) is 23.8 Å². The average molecular weight is 267 g/mol. The summed E-state index contributed by atoms with van der Waals surface area (Å²) in [5.74, 6) is 1.77. The first kappa shape index (κ1) is 12.2. The highest BCUT2D eigenvalue weighted by Crippen LogP contribution is 2.45. The molecule has 1 aliphatic heterocycles. The number of ether oxygens (including phenoxy) is 2. The third-order valence-corrected chi connectivity index (χ3v) is 4.50. The Morgan fingerprint density at radius 1 is 1.22 bits per heavy atom. The number of fused-ring (bicyclic) bond motifs is 1. The number of hydrogen-bond donors (Lipinski definition) is 0. The molecule has 2 aliphatic rings. The Morgan fingerprint density at radius 3 is 2.72 bits per heavy atom. The molecule has 1 aliphatic carbocycles. The summed E-state index contributed by atoms with van der Waals surface area (Å²) in [6.45, 7) is 3.79. The SMILES string of the molecule is CC1(c2ccc3c(c2)OCCCO3)CCC(Cl)C1. The molecule has 18 heavy (non-hydrogen) atoms. The van der Waals surface area contributed by atoms with Crippen LogP contribution in [0.5, 0.6) is 11.5 Å². The normalized spacial score (nSPS) is 31.1. The highest BCUT2D eigenvalue weighted by molar-refractivity contribution is 6.20. The number of halogens is 1. The Labute approximate surface area is 113 Å². The van der Waals surface area contributed by atoms with Gasteiger partial charge in [0.15, 0.2) is 11.5 Å². The fourth-order valence-corrected chi connectivity index (χ4v) is 3.42. The number of alkyl halides is 1. The Bertz CT molecular complexity index is 446. The second-order valence-corrected chi connectivity index (χ2v) is 6.23. The topological polar surface area (TPSA) is 18.5 Å². The zero-order chi connectivity index (χ0) is 12.6. The molecule has 0 bridgehead atoms. The molecule has 2 nitrogen and oxygen atoms in total. The van der Waals surface area contributed by atoms with Crippen molar-refractivity contribution in [1.82, 2.24) is 0 Å². The second-order valence-electron chi connectivity index (χ2n) is 5.61. The summed E-state index contributed by atoms with van der Waals surface area (Å²) in [7, 11) is 0. The Kier molecular flexibility index (Phi) is 3.14.